The monoisotopic (exact) mass is 145 g/mol. The molecular formula is C7H15NS. The average Bonchev–Trinajstić information content (AvgIpc) is 1.89. The molecule has 0 bridgehead atoms. The second-order valence-electron chi connectivity index (χ2n) is 2.06. The predicted molar refractivity (Wildman–Crippen MR) is 45.9 cm³/mol. The first kappa shape index (κ1) is 8.89. The quantitative estimate of drug-likeness (QED) is 0.575. The summed E-state index contributed by atoms with van der Waals surface area (Å²) < 4.78 is 0. The highest BCUT2D eigenvalue weighted by Gasteiger charge is 1.89. The maximum Gasteiger partial charge on any atom is 0.0315 e. The van der Waals surface area contributed by atoms with Gasteiger partial charge >= 0.3 is 0 Å². The first-order valence-electron chi connectivity index (χ1n) is 3.33. The molecule has 0 heterocycles. The average molecular weight is 145 g/mol. The summed E-state index contributed by atoms with van der Waals surface area (Å²) in [5.41, 5.74) is 0. The minimum absolute atomic E-state index is 0.483. The lowest BCUT2D eigenvalue weighted by molar-refractivity contribution is 0.712. The van der Waals surface area contributed by atoms with Crippen LogP contribution >= 0.6 is 12.6 Å². The van der Waals surface area contributed by atoms with Crippen molar-refractivity contribution in [2.75, 3.05) is 5.75 Å². The van der Waals surface area contributed by atoms with E-state index in [0.717, 1.165) is 12.2 Å². The lowest BCUT2D eigenvalue weighted by Crippen LogP contribution is -2.21. The Labute approximate surface area is 62.9 Å². The van der Waals surface area contributed by atoms with Crippen LogP contribution in [0.15, 0.2) is 12.3 Å². The molecule has 0 rings (SSSR count). The van der Waals surface area contributed by atoms with Gasteiger partial charge in [-0.3, -0.25) is 0 Å². The van der Waals surface area contributed by atoms with E-state index in [0.29, 0.717) is 6.04 Å². The summed E-state index contributed by atoms with van der Waals surface area (Å²) in [5, 5.41) is 3.18. The summed E-state index contributed by atoms with van der Waals surface area (Å²) in [6, 6.07) is 0.483. The third kappa shape index (κ3) is 5.77. The molecule has 1 N–H and O–H groups in total. The molecule has 0 spiro atoms. The molecule has 0 aromatic rings. The van der Waals surface area contributed by atoms with Crippen LogP contribution in [0.3, 0.4) is 0 Å². The van der Waals surface area contributed by atoms with Crippen LogP contribution in [0.2, 0.25) is 0 Å². The standard InChI is InChI=1S/C7H15NS/c1-3-4-5-8-7(2)6-9/h4-5,7-9H,3,6H2,1-2H3/b5-4-. The van der Waals surface area contributed by atoms with Crippen molar-refractivity contribution in [3.05, 3.63) is 12.3 Å². The van der Waals surface area contributed by atoms with Crippen LogP contribution in [0, 0.1) is 0 Å². The number of allylic oxidation sites excluding steroid dienone is 1. The maximum atomic E-state index is 4.12. The summed E-state index contributed by atoms with van der Waals surface area (Å²) in [6.07, 6.45) is 5.17. The molecule has 0 fully saturated rings. The zero-order valence-corrected chi connectivity index (χ0v) is 6.99. The summed E-state index contributed by atoms with van der Waals surface area (Å²) >= 11 is 4.12. The summed E-state index contributed by atoms with van der Waals surface area (Å²) in [5.74, 6) is 0.883. The van der Waals surface area contributed by atoms with E-state index in [9.17, 15) is 0 Å². The fraction of sp³-hybridized carbons (Fsp3) is 0.714. The van der Waals surface area contributed by atoms with Crippen molar-refractivity contribution in [3.63, 3.8) is 0 Å². The highest BCUT2D eigenvalue weighted by atomic mass is 32.1. The van der Waals surface area contributed by atoms with Gasteiger partial charge in [0.05, 0.1) is 0 Å². The summed E-state index contributed by atoms with van der Waals surface area (Å²) in [4.78, 5) is 0. The van der Waals surface area contributed by atoms with E-state index in [-0.39, 0.29) is 0 Å². The van der Waals surface area contributed by atoms with Gasteiger partial charge in [0.1, 0.15) is 0 Å². The molecule has 0 saturated carbocycles. The Morgan fingerprint density at radius 3 is 2.78 bits per heavy atom. The highest BCUT2D eigenvalue weighted by molar-refractivity contribution is 7.80. The minimum atomic E-state index is 0.483. The fourth-order valence-corrected chi connectivity index (χ4v) is 0.508. The normalized spacial score (nSPS) is 14.1. The number of rotatable bonds is 4. The number of thiol groups is 1. The minimum Gasteiger partial charge on any atom is -0.388 e. The Kier molecular flexibility index (Phi) is 5.94. The lowest BCUT2D eigenvalue weighted by atomic mass is 10.4. The Bertz CT molecular complexity index is 81.0. The van der Waals surface area contributed by atoms with Crippen molar-refractivity contribution in [2.24, 2.45) is 0 Å². The van der Waals surface area contributed by atoms with Crippen LogP contribution < -0.4 is 5.32 Å². The summed E-state index contributed by atoms with van der Waals surface area (Å²) in [6.45, 7) is 4.22. The molecule has 0 saturated heterocycles. The molecule has 0 amide bonds. The largest absolute Gasteiger partial charge is 0.388 e. The van der Waals surface area contributed by atoms with Gasteiger partial charge in [-0.15, -0.1) is 0 Å². The second-order valence-corrected chi connectivity index (χ2v) is 2.43. The van der Waals surface area contributed by atoms with E-state index in [4.69, 9.17) is 0 Å². The molecule has 54 valence electrons. The Balaban J connectivity index is 3.15. The highest BCUT2D eigenvalue weighted by Crippen LogP contribution is 1.85. The van der Waals surface area contributed by atoms with Gasteiger partial charge < -0.3 is 5.32 Å². The molecule has 0 aliphatic heterocycles. The lowest BCUT2D eigenvalue weighted by Gasteiger charge is -2.05. The van der Waals surface area contributed by atoms with Crippen molar-refractivity contribution >= 4 is 12.6 Å². The molecule has 0 aromatic carbocycles. The topological polar surface area (TPSA) is 12.0 Å². The molecule has 0 aromatic heterocycles. The molecule has 9 heavy (non-hydrogen) atoms. The number of hydrogen-bond donors (Lipinski definition) is 2. The van der Waals surface area contributed by atoms with E-state index in [1.165, 1.54) is 0 Å². The molecule has 1 unspecified atom stereocenters. The van der Waals surface area contributed by atoms with Gasteiger partial charge in [-0.25, -0.2) is 0 Å². The molecule has 0 aliphatic carbocycles. The van der Waals surface area contributed by atoms with Crippen molar-refractivity contribution in [3.8, 4) is 0 Å². The third-order valence-electron chi connectivity index (χ3n) is 1.01. The zero-order valence-electron chi connectivity index (χ0n) is 6.09. The first-order valence-corrected chi connectivity index (χ1v) is 3.96. The van der Waals surface area contributed by atoms with Crippen LogP contribution in [0.25, 0.3) is 0 Å². The van der Waals surface area contributed by atoms with Crippen molar-refractivity contribution in [2.45, 2.75) is 26.3 Å². The molecule has 2 heteroatoms. The predicted octanol–water partition coefficient (Wildman–Crippen LogP) is 1.82. The molecule has 1 atom stereocenters. The van der Waals surface area contributed by atoms with E-state index < -0.39 is 0 Å². The number of hydrogen-bond acceptors (Lipinski definition) is 2. The molecular weight excluding hydrogens is 130 g/mol. The Morgan fingerprint density at radius 2 is 2.33 bits per heavy atom. The van der Waals surface area contributed by atoms with Gasteiger partial charge in [-0.1, -0.05) is 13.0 Å². The van der Waals surface area contributed by atoms with Gasteiger partial charge in [0.25, 0.3) is 0 Å². The van der Waals surface area contributed by atoms with Crippen molar-refractivity contribution in [1.29, 1.82) is 0 Å². The second kappa shape index (κ2) is 6.02. The van der Waals surface area contributed by atoms with E-state index in [2.05, 4.69) is 37.9 Å². The van der Waals surface area contributed by atoms with Gasteiger partial charge in [-0.05, 0) is 19.5 Å². The fourth-order valence-electron chi connectivity index (χ4n) is 0.403. The maximum absolute atomic E-state index is 4.12. The van der Waals surface area contributed by atoms with Gasteiger partial charge in [0.15, 0.2) is 0 Å². The van der Waals surface area contributed by atoms with E-state index in [1.54, 1.807) is 0 Å². The van der Waals surface area contributed by atoms with Crippen LogP contribution in [-0.2, 0) is 0 Å². The van der Waals surface area contributed by atoms with E-state index >= 15 is 0 Å². The number of nitrogens with one attached hydrogen (secondary N) is 1. The first-order chi connectivity index (χ1) is 4.31. The van der Waals surface area contributed by atoms with Gasteiger partial charge in [0.2, 0.25) is 0 Å². The Morgan fingerprint density at radius 1 is 1.67 bits per heavy atom. The van der Waals surface area contributed by atoms with Crippen molar-refractivity contribution < 1.29 is 0 Å². The summed E-state index contributed by atoms with van der Waals surface area (Å²) in [7, 11) is 0. The van der Waals surface area contributed by atoms with E-state index in [1.807, 2.05) is 6.20 Å². The van der Waals surface area contributed by atoms with Crippen molar-refractivity contribution in [1.82, 2.24) is 5.32 Å². The Hall–Kier alpha value is -0.110. The zero-order chi connectivity index (χ0) is 7.11. The van der Waals surface area contributed by atoms with Gasteiger partial charge in [-0.2, -0.15) is 12.6 Å². The van der Waals surface area contributed by atoms with Gasteiger partial charge in [0, 0.05) is 11.8 Å². The smallest absolute Gasteiger partial charge is 0.0315 e. The van der Waals surface area contributed by atoms with Crippen LogP contribution in [0.5, 0.6) is 0 Å². The molecule has 0 radical (unpaired) electrons. The molecule has 1 nitrogen and oxygen atoms in total. The van der Waals surface area contributed by atoms with Crippen LogP contribution in [-0.4, -0.2) is 11.8 Å². The van der Waals surface area contributed by atoms with Crippen LogP contribution in [0.1, 0.15) is 20.3 Å². The SMILES string of the molecule is CC/C=C\NC(C)CS. The van der Waals surface area contributed by atoms with Crippen LogP contribution in [0.4, 0.5) is 0 Å². The third-order valence-corrected chi connectivity index (χ3v) is 1.56. The molecule has 0 aliphatic rings.